The Morgan fingerprint density at radius 3 is 2.84 bits per heavy atom. The van der Waals surface area contributed by atoms with E-state index in [9.17, 15) is 0 Å². The van der Waals surface area contributed by atoms with Crippen LogP contribution in [0, 0.1) is 5.92 Å². The number of hydrogen-bond donors (Lipinski definition) is 1. The molecule has 1 aromatic heterocycles. The highest BCUT2D eigenvalue weighted by molar-refractivity contribution is 5.28. The highest BCUT2D eigenvalue weighted by atomic mass is 16.5. The predicted octanol–water partition coefficient (Wildman–Crippen LogP) is 3.36. The van der Waals surface area contributed by atoms with E-state index in [4.69, 9.17) is 4.74 Å². The van der Waals surface area contributed by atoms with Gasteiger partial charge in [-0.05, 0) is 69.7 Å². The first-order chi connectivity index (χ1) is 9.20. The maximum Gasteiger partial charge on any atom is 0.138 e. The molecule has 2 atom stereocenters. The molecule has 3 heteroatoms. The Kier molecular flexibility index (Phi) is 5.20. The largest absolute Gasteiger partial charge is 0.489 e. The molecule has 0 amide bonds. The molecule has 0 bridgehead atoms. The molecule has 0 saturated heterocycles. The van der Waals surface area contributed by atoms with E-state index >= 15 is 0 Å². The van der Waals surface area contributed by atoms with Crippen LogP contribution < -0.4 is 10.1 Å². The van der Waals surface area contributed by atoms with E-state index in [0.717, 1.165) is 24.8 Å². The molecular weight excluding hydrogens is 236 g/mol. The molecule has 1 fully saturated rings. The lowest BCUT2D eigenvalue weighted by Gasteiger charge is -2.37. The minimum Gasteiger partial charge on any atom is -0.489 e. The van der Waals surface area contributed by atoms with Gasteiger partial charge in [-0.2, -0.15) is 0 Å². The van der Waals surface area contributed by atoms with Crippen LogP contribution in [-0.2, 0) is 0 Å². The zero-order chi connectivity index (χ0) is 13.7. The Balaban J connectivity index is 1.93. The number of hydrogen-bond acceptors (Lipinski definition) is 3. The lowest BCUT2D eigenvalue weighted by molar-refractivity contribution is 0.233. The zero-order valence-corrected chi connectivity index (χ0v) is 12.4. The molecule has 0 spiro atoms. The summed E-state index contributed by atoms with van der Waals surface area (Å²) in [6.45, 7) is 8.56. The molecule has 1 heterocycles. The van der Waals surface area contributed by atoms with Crippen LogP contribution in [0.3, 0.4) is 0 Å². The molecule has 1 N–H and O–H groups in total. The Hall–Kier alpha value is -1.09. The molecule has 19 heavy (non-hydrogen) atoms. The van der Waals surface area contributed by atoms with Crippen molar-refractivity contribution in [3.05, 3.63) is 24.0 Å². The molecule has 0 aromatic carbocycles. The van der Waals surface area contributed by atoms with Gasteiger partial charge in [-0.25, -0.2) is 0 Å². The summed E-state index contributed by atoms with van der Waals surface area (Å²) in [5.74, 6) is 2.33. The van der Waals surface area contributed by atoms with Gasteiger partial charge in [0.25, 0.3) is 0 Å². The van der Waals surface area contributed by atoms with Crippen molar-refractivity contribution in [3.8, 4) is 5.75 Å². The fraction of sp³-hybridized carbons (Fsp3) is 0.688. The quantitative estimate of drug-likeness (QED) is 0.765. The second-order valence-corrected chi connectivity index (χ2v) is 5.77. The third kappa shape index (κ3) is 3.93. The number of ether oxygens (including phenoxy) is 1. The number of nitrogens with zero attached hydrogens (tertiary/aromatic N) is 1. The first-order valence-corrected chi connectivity index (χ1v) is 7.53. The van der Waals surface area contributed by atoms with Gasteiger partial charge in [0.2, 0.25) is 0 Å². The highest BCUT2D eigenvalue weighted by Gasteiger charge is 2.31. The zero-order valence-electron chi connectivity index (χ0n) is 12.4. The van der Waals surface area contributed by atoms with Crippen LogP contribution in [0.2, 0.25) is 0 Å². The van der Waals surface area contributed by atoms with Gasteiger partial charge in [0, 0.05) is 6.20 Å². The molecule has 1 aliphatic rings. The van der Waals surface area contributed by atoms with Crippen molar-refractivity contribution in [2.45, 2.75) is 52.1 Å². The first-order valence-electron chi connectivity index (χ1n) is 7.53. The maximum absolute atomic E-state index is 5.73. The molecule has 106 valence electrons. The van der Waals surface area contributed by atoms with Crippen LogP contribution in [0.5, 0.6) is 5.75 Å². The van der Waals surface area contributed by atoms with Gasteiger partial charge in [0.1, 0.15) is 5.75 Å². The first kappa shape index (κ1) is 14.3. The van der Waals surface area contributed by atoms with Crippen LogP contribution in [0.15, 0.2) is 18.5 Å². The number of pyridine rings is 1. The summed E-state index contributed by atoms with van der Waals surface area (Å²) in [6, 6.07) is 2.17. The average Bonchev–Trinajstić information content (AvgIpc) is 2.33. The smallest absolute Gasteiger partial charge is 0.138 e. The minimum absolute atomic E-state index is 0.209. The number of rotatable bonds is 7. The maximum atomic E-state index is 5.73. The van der Waals surface area contributed by atoms with Crippen molar-refractivity contribution in [1.29, 1.82) is 0 Å². The molecule has 1 aliphatic carbocycles. The van der Waals surface area contributed by atoms with Gasteiger partial charge in [-0.15, -0.1) is 0 Å². The fourth-order valence-electron chi connectivity index (χ4n) is 2.69. The summed E-state index contributed by atoms with van der Waals surface area (Å²) in [5, 5.41) is 3.53. The normalized spacial score (nSPS) is 22.3. The van der Waals surface area contributed by atoms with E-state index in [1.807, 2.05) is 26.2 Å². The van der Waals surface area contributed by atoms with Crippen molar-refractivity contribution in [3.63, 3.8) is 0 Å². The molecule has 2 unspecified atom stereocenters. The van der Waals surface area contributed by atoms with Crippen molar-refractivity contribution in [2.75, 3.05) is 13.1 Å². The van der Waals surface area contributed by atoms with E-state index < -0.39 is 0 Å². The number of aromatic nitrogens is 1. The van der Waals surface area contributed by atoms with E-state index in [0.29, 0.717) is 5.92 Å². The van der Waals surface area contributed by atoms with Crippen LogP contribution in [0.25, 0.3) is 0 Å². The standard InChI is InChI=1S/C16H26N2O/c1-4-7-17-9-13-5-6-16(13)14-8-15(11-18-10-14)19-12(2)3/h8,10-13,16-17H,4-7,9H2,1-3H3. The molecule has 0 radical (unpaired) electrons. The molecule has 3 nitrogen and oxygen atoms in total. The lowest BCUT2D eigenvalue weighted by Crippen LogP contribution is -2.34. The third-order valence-electron chi connectivity index (χ3n) is 3.79. The van der Waals surface area contributed by atoms with Gasteiger partial charge in [-0.1, -0.05) is 6.92 Å². The summed E-state index contributed by atoms with van der Waals surface area (Å²) in [7, 11) is 0. The molecule has 1 aromatic rings. The molecule has 2 rings (SSSR count). The Morgan fingerprint density at radius 2 is 2.21 bits per heavy atom. The topological polar surface area (TPSA) is 34.2 Å². The van der Waals surface area contributed by atoms with E-state index in [1.54, 1.807) is 0 Å². The summed E-state index contributed by atoms with van der Waals surface area (Å²) in [6.07, 6.45) is 7.84. The molecule has 0 aliphatic heterocycles. The van der Waals surface area contributed by atoms with Crippen LogP contribution in [-0.4, -0.2) is 24.2 Å². The SMILES string of the molecule is CCCNCC1CCC1c1cncc(OC(C)C)c1. The third-order valence-corrected chi connectivity index (χ3v) is 3.79. The van der Waals surface area contributed by atoms with Gasteiger partial charge in [-0.3, -0.25) is 4.98 Å². The van der Waals surface area contributed by atoms with Crippen molar-refractivity contribution < 1.29 is 4.74 Å². The summed E-state index contributed by atoms with van der Waals surface area (Å²) in [4.78, 5) is 4.33. The van der Waals surface area contributed by atoms with Crippen LogP contribution >= 0.6 is 0 Å². The van der Waals surface area contributed by atoms with Crippen molar-refractivity contribution in [1.82, 2.24) is 10.3 Å². The summed E-state index contributed by atoms with van der Waals surface area (Å²) >= 11 is 0. The summed E-state index contributed by atoms with van der Waals surface area (Å²) in [5.41, 5.74) is 1.34. The lowest BCUT2D eigenvalue weighted by atomic mass is 9.70. The fourth-order valence-corrected chi connectivity index (χ4v) is 2.69. The van der Waals surface area contributed by atoms with Gasteiger partial charge < -0.3 is 10.1 Å². The van der Waals surface area contributed by atoms with Crippen molar-refractivity contribution in [2.24, 2.45) is 5.92 Å². The Bertz CT molecular complexity index is 392. The monoisotopic (exact) mass is 262 g/mol. The summed E-state index contributed by atoms with van der Waals surface area (Å²) < 4.78 is 5.73. The van der Waals surface area contributed by atoms with E-state index in [1.165, 1.54) is 24.8 Å². The average molecular weight is 262 g/mol. The number of nitrogens with one attached hydrogen (secondary N) is 1. The van der Waals surface area contributed by atoms with E-state index in [2.05, 4.69) is 23.3 Å². The van der Waals surface area contributed by atoms with Crippen molar-refractivity contribution >= 4 is 0 Å². The predicted molar refractivity (Wildman–Crippen MR) is 78.6 cm³/mol. The van der Waals surface area contributed by atoms with Gasteiger partial charge in [0.15, 0.2) is 0 Å². The van der Waals surface area contributed by atoms with Gasteiger partial charge in [0.05, 0.1) is 12.3 Å². The molecule has 1 saturated carbocycles. The Labute approximate surface area is 116 Å². The second kappa shape index (κ2) is 6.90. The Morgan fingerprint density at radius 1 is 1.37 bits per heavy atom. The van der Waals surface area contributed by atoms with Crippen LogP contribution in [0.4, 0.5) is 0 Å². The molecular formula is C16H26N2O. The highest BCUT2D eigenvalue weighted by Crippen LogP contribution is 2.42. The van der Waals surface area contributed by atoms with E-state index in [-0.39, 0.29) is 6.10 Å². The second-order valence-electron chi connectivity index (χ2n) is 5.77. The van der Waals surface area contributed by atoms with Gasteiger partial charge >= 0.3 is 0 Å². The van der Waals surface area contributed by atoms with Crippen LogP contribution in [0.1, 0.15) is 51.5 Å². The minimum atomic E-state index is 0.209.